The molecule has 1 atom stereocenters. The number of Topliss-reactive ketones (excluding diaryl/α,β-unsaturated/α-hetero) is 1. The normalized spacial score (nSPS) is 22.8. The summed E-state index contributed by atoms with van der Waals surface area (Å²) in [6, 6.07) is 0.156. The summed E-state index contributed by atoms with van der Waals surface area (Å²) in [6.07, 6.45) is 1.42. The van der Waals surface area contributed by atoms with Crippen LogP contribution in [0.15, 0.2) is 6.20 Å². The zero-order chi connectivity index (χ0) is 11.3. The minimum absolute atomic E-state index is 0.141. The van der Waals surface area contributed by atoms with Crippen LogP contribution in [-0.2, 0) is 0 Å². The molecule has 0 N–H and O–H groups in total. The summed E-state index contributed by atoms with van der Waals surface area (Å²) in [4.78, 5) is 17.6. The van der Waals surface area contributed by atoms with Gasteiger partial charge in [0.25, 0.3) is 0 Å². The molecule has 0 bridgehead atoms. The summed E-state index contributed by atoms with van der Waals surface area (Å²) in [5.41, 5.74) is 0.679. The molecule has 0 amide bonds. The Morgan fingerprint density at radius 1 is 1.62 bits per heavy atom. The van der Waals surface area contributed by atoms with E-state index in [1.165, 1.54) is 0 Å². The van der Waals surface area contributed by atoms with E-state index in [4.69, 9.17) is 4.74 Å². The largest absolute Gasteiger partial charge is 0.474 e. The second-order valence-electron chi connectivity index (χ2n) is 4.16. The van der Waals surface area contributed by atoms with Crippen molar-refractivity contribution in [2.75, 3.05) is 18.1 Å². The molecule has 0 spiro atoms. The van der Waals surface area contributed by atoms with E-state index in [-0.39, 0.29) is 17.4 Å². The Morgan fingerprint density at radius 3 is 3.25 bits per heavy atom. The van der Waals surface area contributed by atoms with Crippen LogP contribution in [0, 0.1) is 5.82 Å². The molecule has 0 aromatic carbocycles. The summed E-state index contributed by atoms with van der Waals surface area (Å²) in [6.45, 7) is 3.14. The van der Waals surface area contributed by atoms with Crippen molar-refractivity contribution >= 4 is 11.5 Å². The van der Waals surface area contributed by atoms with Gasteiger partial charge in [0.05, 0.1) is 17.8 Å². The Kier molecular flexibility index (Phi) is 1.89. The van der Waals surface area contributed by atoms with Crippen LogP contribution in [0.3, 0.4) is 0 Å². The van der Waals surface area contributed by atoms with Crippen LogP contribution in [-0.4, -0.2) is 30.0 Å². The molecule has 16 heavy (non-hydrogen) atoms. The number of halogens is 1. The lowest BCUT2D eigenvalue weighted by molar-refractivity contribution is 0.0969. The van der Waals surface area contributed by atoms with E-state index < -0.39 is 5.82 Å². The number of aromatic nitrogens is 1. The lowest BCUT2D eigenvalue weighted by Gasteiger charge is -2.39. The zero-order valence-corrected chi connectivity index (χ0v) is 8.86. The van der Waals surface area contributed by atoms with Gasteiger partial charge in [-0.2, -0.15) is 0 Å². The maximum absolute atomic E-state index is 13.6. The van der Waals surface area contributed by atoms with Gasteiger partial charge in [-0.05, 0) is 6.92 Å². The van der Waals surface area contributed by atoms with Gasteiger partial charge in [0.1, 0.15) is 12.3 Å². The number of rotatable bonds is 0. The van der Waals surface area contributed by atoms with E-state index in [1.807, 2.05) is 11.8 Å². The van der Waals surface area contributed by atoms with Crippen LogP contribution in [0.2, 0.25) is 0 Å². The van der Waals surface area contributed by atoms with Gasteiger partial charge in [-0.15, -0.1) is 0 Å². The van der Waals surface area contributed by atoms with E-state index in [0.717, 1.165) is 6.20 Å². The highest BCUT2D eigenvalue weighted by molar-refractivity contribution is 6.04. The predicted octanol–water partition coefficient (Wildman–Crippen LogP) is 1.39. The number of anilines is 1. The fourth-order valence-corrected chi connectivity index (χ4v) is 2.29. The van der Waals surface area contributed by atoms with Crippen LogP contribution in [0.25, 0.3) is 0 Å². The first-order valence-corrected chi connectivity index (χ1v) is 5.29. The number of carbonyl (C=O) groups is 1. The third-order valence-electron chi connectivity index (χ3n) is 3.11. The van der Waals surface area contributed by atoms with Gasteiger partial charge < -0.3 is 9.64 Å². The molecule has 84 valence electrons. The number of ether oxygens (including phenoxy) is 1. The third-order valence-corrected chi connectivity index (χ3v) is 3.11. The van der Waals surface area contributed by atoms with Crippen LogP contribution in [0.1, 0.15) is 23.7 Å². The minimum Gasteiger partial charge on any atom is -0.474 e. The molecule has 3 heterocycles. The number of carbonyl (C=O) groups excluding carboxylic acids is 1. The molecule has 2 aliphatic rings. The van der Waals surface area contributed by atoms with Gasteiger partial charge in [-0.3, -0.25) is 4.79 Å². The summed E-state index contributed by atoms with van der Waals surface area (Å²) in [5, 5.41) is 0. The highest BCUT2D eigenvalue weighted by Gasteiger charge is 2.35. The molecule has 4 nitrogen and oxygen atoms in total. The highest BCUT2D eigenvalue weighted by atomic mass is 19.1. The molecule has 1 aromatic rings. The van der Waals surface area contributed by atoms with Crippen molar-refractivity contribution in [1.29, 1.82) is 0 Å². The predicted molar refractivity (Wildman–Crippen MR) is 55.4 cm³/mol. The summed E-state index contributed by atoms with van der Waals surface area (Å²) in [7, 11) is 0. The highest BCUT2D eigenvalue weighted by Crippen LogP contribution is 2.39. The molecule has 0 radical (unpaired) electrons. The number of hydrogen-bond acceptors (Lipinski definition) is 4. The Labute approximate surface area is 92.0 Å². The molecular weight excluding hydrogens is 211 g/mol. The van der Waals surface area contributed by atoms with Gasteiger partial charge in [-0.25, -0.2) is 9.37 Å². The van der Waals surface area contributed by atoms with E-state index in [2.05, 4.69) is 4.98 Å². The van der Waals surface area contributed by atoms with E-state index in [0.29, 0.717) is 31.1 Å². The van der Waals surface area contributed by atoms with Crippen LogP contribution < -0.4 is 9.64 Å². The smallest absolute Gasteiger partial charge is 0.238 e. The van der Waals surface area contributed by atoms with Crippen LogP contribution >= 0.6 is 0 Å². The first kappa shape index (κ1) is 9.57. The molecule has 2 aliphatic heterocycles. The van der Waals surface area contributed by atoms with Crippen molar-refractivity contribution < 1.29 is 13.9 Å². The fourth-order valence-electron chi connectivity index (χ4n) is 2.29. The Balaban J connectivity index is 2.27. The average Bonchev–Trinajstić information content (AvgIpc) is 2.27. The van der Waals surface area contributed by atoms with Crippen molar-refractivity contribution in [3.8, 4) is 5.88 Å². The van der Waals surface area contributed by atoms with Gasteiger partial charge in [-0.1, -0.05) is 0 Å². The van der Waals surface area contributed by atoms with Gasteiger partial charge in [0.2, 0.25) is 5.88 Å². The van der Waals surface area contributed by atoms with Gasteiger partial charge >= 0.3 is 0 Å². The maximum Gasteiger partial charge on any atom is 0.238 e. The molecule has 0 fully saturated rings. The standard InChI is InChI=1S/C11H11FN2O2/c1-6-5-16-11-10-9(7(12)4-13-11)8(15)2-3-14(6)10/h4,6H,2-3,5H2,1H3. The molecule has 3 rings (SSSR count). The van der Waals surface area contributed by atoms with Crippen molar-refractivity contribution in [2.24, 2.45) is 0 Å². The first-order valence-electron chi connectivity index (χ1n) is 5.29. The van der Waals surface area contributed by atoms with Crippen molar-refractivity contribution in [1.82, 2.24) is 4.98 Å². The maximum atomic E-state index is 13.6. The van der Waals surface area contributed by atoms with Crippen molar-refractivity contribution in [3.63, 3.8) is 0 Å². The van der Waals surface area contributed by atoms with E-state index in [9.17, 15) is 9.18 Å². The molecule has 0 aliphatic carbocycles. The second-order valence-corrected chi connectivity index (χ2v) is 4.16. The molecule has 1 unspecified atom stereocenters. The summed E-state index contributed by atoms with van der Waals surface area (Å²) >= 11 is 0. The lowest BCUT2D eigenvalue weighted by atomic mass is 9.99. The van der Waals surface area contributed by atoms with E-state index in [1.54, 1.807) is 0 Å². The fraction of sp³-hybridized carbons (Fsp3) is 0.455. The summed E-state index contributed by atoms with van der Waals surface area (Å²) in [5.74, 6) is -0.334. The molecular formula is C11H11FN2O2. The van der Waals surface area contributed by atoms with Gasteiger partial charge in [0, 0.05) is 13.0 Å². The second kappa shape index (κ2) is 3.17. The quantitative estimate of drug-likeness (QED) is 0.665. The summed E-state index contributed by atoms with van der Waals surface area (Å²) < 4.78 is 19.0. The van der Waals surface area contributed by atoms with E-state index >= 15 is 0 Å². The van der Waals surface area contributed by atoms with Crippen molar-refractivity contribution in [3.05, 3.63) is 17.6 Å². The molecule has 1 aromatic heterocycles. The Hall–Kier alpha value is -1.65. The number of ketones is 1. The van der Waals surface area contributed by atoms with Crippen LogP contribution in [0.5, 0.6) is 5.88 Å². The lowest BCUT2D eigenvalue weighted by Crippen LogP contribution is -2.45. The zero-order valence-electron chi connectivity index (χ0n) is 8.86. The van der Waals surface area contributed by atoms with Crippen LogP contribution in [0.4, 0.5) is 10.1 Å². The third kappa shape index (κ3) is 1.14. The molecule has 0 saturated heterocycles. The van der Waals surface area contributed by atoms with Gasteiger partial charge in [0.15, 0.2) is 11.6 Å². The number of nitrogens with zero attached hydrogens (tertiary/aromatic N) is 2. The average molecular weight is 222 g/mol. The number of hydrogen-bond donors (Lipinski definition) is 0. The van der Waals surface area contributed by atoms with Crippen molar-refractivity contribution in [2.45, 2.75) is 19.4 Å². The Bertz CT molecular complexity index is 475. The topological polar surface area (TPSA) is 42.4 Å². The first-order chi connectivity index (χ1) is 7.68. The number of pyridine rings is 1. The monoisotopic (exact) mass is 222 g/mol. The molecule has 5 heteroatoms. The minimum atomic E-state index is -0.550. The SMILES string of the molecule is CC1COc2ncc(F)c3c2N1CCC3=O. The molecule has 0 saturated carbocycles. The Morgan fingerprint density at radius 2 is 2.44 bits per heavy atom.